The van der Waals surface area contributed by atoms with Crippen molar-refractivity contribution in [2.75, 3.05) is 13.1 Å². The summed E-state index contributed by atoms with van der Waals surface area (Å²) in [6, 6.07) is -6.84. The summed E-state index contributed by atoms with van der Waals surface area (Å²) in [5.41, 5.74) is 6.37. The van der Waals surface area contributed by atoms with Gasteiger partial charge >= 0.3 is 5.97 Å². The Morgan fingerprint density at radius 2 is 1.18 bits per heavy atom. The average molecular weight is 1490 g/mol. The zero-order valence-electron chi connectivity index (χ0n) is 66.0. The molecule has 0 radical (unpaired) electrons. The summed E-state index contributed by atoms with van der Waals surface area (Å²) in [7, 11) is 0. The molecule has 1 aromatic rings. The highest BCUT2D eigenvalue weighted by Gasteiger charge is 2.44. The number of aliphatic hydroxyl groups excluding tert-OH is 1. The quantitative estimate of drug-likeness (QED) is 0.0354. The zero-order chi connectivity index (χ0) is 80.1. The van der Waals surface area contributed by atoms with E-state index in [-0.39, 0.29) is 56.8 Å². The lowest BCUT2D eigenvalue weighted by atomic mass is 9.95. The summed E-state index contributed by atoms with van der Waals surface area (Å²) in [5, 5.41) is 43.5. The highest BCUT2D eigenvalue weighted by molar-refractivity contribution is 6.02. The van der Waals surface area contributed by atoms with Gasteiger partial charge in [0.2, 0.25) is 70.9 Å². The molecule has 106 heavy (non-hydrogen) atoms. The Bertz CT molecular complexity index is 3180. The summed E-state index contributed by atoms with van der Waals surface area (Å²) in [6.45, 7) is 32.1. The fraction of sp³-hybridized carbons (Fsp3) is 0.711. The van der Waals surface area contributed by atoms with Crippen LogP contribution in [0.2, 0.25) is 0 Å². The maximum Gasteiger partial charge on any atom is 0.329 e. The molecule has 3 rings (SSSR count). The first kappa shape index (κ1) is 91.7. The summed E-state index contributed by atoms with van der Waals surface area (Å²) in [5.74, 6) is -14.3. The van der Waals surface area contributed by atoms with Gasteiger partial charge in [0.1, 0.15) is 78.3 Å². The number of ether oxygens (including phenoxy) is 1. The predicted molar refractivity (Wildman–Crippen MR) is 400 cm³/mol. The maximum atomic E-state index is 15.0. The molecule has 2 aliphatic heterocycles. The molecular formula is C76H126N14O16. The molecule has 2 aliphatic rings. The van der Waals surface area contributed by atoms with E-state index in [2.05, 4.69) is 63.8 Å². The van der Waals surface area contributed by atoms with E-state index in [0.717, 1.165) is 6.42 Å². The van der Waals surface area contributed by atoms with Crippen LogP contribution in [0, 0.1) is 47.3 Å². The van der Waals surface area contributed by atoms with Gasteiger partial charge in [0.25, 0.3) is 5.91 Å². The van der Waals surface area contributed by atoms with Crippen LogP contribution in [-0.2, 0) is 78.3 Å². The number of hydrogen-bond donors (Lipinski definition) is 14. The Kier molecular flexibility index (Phi) is 38.5. The number of nitrogens with one attached hydrogen (secondary N) is 12. The highest BCUT2D eigenvalue weighted by atomic mass is 16.5. The molecule has 15 N–H and O–H groups in total. The van der Waals surface area contributed by atoms with Crippen molar-refractivity contribution in [1.29, 1.82) is 0 Å². The van der Waals surface area contributed by atoms with Gasteiger partial charge in [0.05, 0.1) is 18.6 Å². The number of carbonyl (C=O) groups excluding carboxylic acids is 14. The van der Waals surface area contributed by atoms with E-state index in [0.29, 0.717) is 37.2 Å². The van der Waals surface area contributed by atoms with Crippen LogP contribution < -0.4 is 69.5 Å². The van der Waals surface area contributed by atoms with Gasteiger partial charge in [-0.15, -0.1) is 0 Å². The topological polar surface area (TPSA) is 442 Å². The Labute approximate surface area is 626 Å². The molecular weight excluding hydrogens is 1360 g/mol. The van der Waals surface area contributed by atoms with Crippen LogP contribution in [0.25, 0.3) is 0 Å². The minimum atomic E-state index is -1.56. The van der Waals surface area contributed by atoms with Gasteiger partial charge in [0, 0.05) is 19.4 Å². The fourth-order valence-corrected chi connectivity index (χ4v) is 12.3. The van der Waals surface area contributed by atoms with Crippen LogP contribution in [0.5, 0.6) is 0 Å². The van der Waals surface area contributed by atoms with Gasteiger partial charge in [0.15, 0.2) is 0 Å². The third-order valence-electron chi connectivity index (χ3n) is 19.5. The number of nitrogens with zero attached hydrogens (tertiary/aromatic N) is 1. The van der Waals surface area contributed by atoms with Crippen LogP contribution in [0.15, 0.2) is 42.1 Å². The van der Waals surface area contributed by atoms with Crippen LogP contribution in [0.1, 0.15) is 201 Å². The minimum Gasteiger partial charge on any atom is -0.459 e. The smallest absolute Gasteiger partial charge is 0.329 e. The lowest BCUT2D eigenvalue weighted by molar-refractivity contribution is -0.156. The molecule has 2 heterocycles. The number of amides is 13. The molecule has 0 saturated carbocycles. The number of benzene rings is 1. The van der Waals surface area contributed by atoms with Crippen LogP contribution in [0.4, 0.5) is 0 Å². The van der Waals surface area contributed by atoms with Gasteiger partial charge in [-0.3, -0.25) is 62.3 Å². The summed E-state index contributed by atoms with van der Waals surface area (Å²) in [6.07, 6.45) is 0.790. The highest BCUT2D eigenvalue weighted by Crippen LogP contribution is 2.23. The van der Waals surface area contributed by atoms with Gasteiger partial charge in [-0.2, -0.15) is 0 Å². The van der Waals surface area contributed by atoms with Crippen molar-refractivity contribution in [3.05, 3.63) is 47.7 Å². The zero-order valence-corrected chi connectivity index (χ0v) is 66.0. The SMILES string of the molecule is CC=C1NC(=O)[C@H](Cc2ccccc2)NC(=O)[C@@H](C(C)C)NC(=O)[C@@H]([C@@H](C)CC)NC(=O)C[C@H](NC(=O)[C@H](NC(=O)[C@H](CCCN)NC(=O)[C@H]2CCCN2C(=O)[C@H](NC(=O)[C@@H](NC(=O)[C@@H](NC(=O)[C@H](NC(=O)CCCC(C)C)C(C)C)[C@@H](C)O)C(C)C)C(C)C)[C@@H](C)CC)[C@@H](C)OC(=O)[C@H](C(C)C)NC1=O. The summed E-state index contributed by atoms with van der Waals surface area (Å²) >= 11 is 0. The van der Waals surface area contributed by atoms with Gasteiger partial charge in [-0.25, -0.2) is 4.79 Å². The van der Waals surface area contributed by atoms with Gasteiger partial charge in [-0.1, -0.05) is 166 Å². The number of allylic oxidation sites excluding steroid dienone is 1. The van der Waals surface area contributed by atoms with Crippen molar-refractivity contribution >= 4 is 82.8 Å². The molecule has 30 nitrogen and oxygen atoms in total. The largest absolute Gasteiger partial charge is 0.459 e. The monoisotopic (exact) mass is 1490 g/mol. The number of aliphatic hydroxyl groups is 1. The minimum absolute atomic E-state index is 0.0225. The molecule has 16 atom stereocenters. The van der Waals surface area contributed by atoms with Crippen molar-refractivity contribution < 1.29 is 77.0 Å². The van der Waals surface area contributed by atoms with E-state index < -0.39 is 209 Å². The molecule has 30 heteroatoms. The molecule has 0 bridgehead atoms. The first-order valence-electron chi connectivity index (χ1n) is 38.0. The van der Waals surface area contributed by atoms with E-state index in [9.17, 15) is 72.2 Å². The molecule has 2 saturated heterocycles. The Morgan fingerprint density at radius 1 is 0.623 bits per heavy atom. The number of likely N-dealkylation sites (tertiary alicyclic amines) is 1. The first-order chi connectivity index (χ1) is 49.7. The molecule has 13 amide bonds. The predicted octanol–water partition coefficient (Wildman–Crippen LogP) is 2.23. The van der Waals surface area contributed by atoms with Crippen molar-refractivity contribution in [3.63, 3.8) is 0 Å². The second-order valence-corrected chi connectivity index (χ2v) is 30.6. The van der Waals surface area contributed by atoms with E-state index in [1.807, 2.05) is 13.8 Å². The van der Waals surface area contributed by atoms with E-state index in [4.69, 9.17) is 10.5 Å². The maximum absolute atomic E-state index is 15.0. The van der Waals surface area contributed by atoms with Crippen LogP contribution >= 0.6 is 0 Å². The number of rotatable bonds is 33. The van der Waals surface area contributed by atoms with Gasteiger partial charge in [-0.05, 0) is 112 Å². The second kappa shape index (κ2) is 44.6. The number of esters is 1. The normalized spacial score (nSPS) is 22.6. The summed E-state index contributed by atoms with van der Waals surface area (Å²) < 4.78 is 6.02. The number of hydrogen-bond acceptors (Lipinski definition) is 17. The molecule has 596 valence electrons. The van der Waals surface area contributed by atoms with Crippen molar-refractivity contribution in [1.82, 2.24) is 68.7 Å². The van der Waals surface area contributed by atoms with Crippen LogP contribution in [-0.4, -0.2) is 191 Å². The van der Waals surface area contributed by atoms with Crippen molar-refractivity contribution in [2.45, 2.75) is 287 Å². The fourth-order valence-electron chi connectivity index (χ4n) is 12.3. The van der Waals surface area contributed by atoms with Crippen molar-refractivity contribution in [3.8, 4) is 0 Å². The first-order valence-corrected chi connectivity index (χ1v) is 38.0. The van der Waals surface area contributed by atoms with E-state index in [1.54, 1.807) is 127 Å². The molecule has 0 spiro atoms. The van der Waals surface area contributed by atoms with Gasteiger partial charge < -0.3 is 84.3 Å². The molecule has 2 fully saturated rings. The van der Waals surface area contributed by atoms with E-state index in [1.165, 1.54) is 31.7 Å². The van der Waals surface area contributed by atoms with E-state index >= 15 is 0 Å². The number of carbonyl (C=O) groups is 14. The molecule has 1 aromatic carbocycles. The van der Waals surface area contributed by atoms with Crippen LogP contribution in [0.3, 0.4) is 0 Å². The lowest BCUT2D eigenvalue weighted by Crippen LogP contribution is -2.63. The Morgan fingerprint density at radius 3 is 1.72 bits per heavy atom. The Hall–Kier alpha value is -8.54. The third-order valence-corrected chi connectivity index (χ3v) is 19.5. The molecule has 0 unspecified atom stereocenters. The molecule has 0 aliphatic carbocycles. The van der Waals surface area contributed by atoms with Crippen molar-refractivity contribution in [2.24, 2.45) is 53.1 Å². The Balaban J connectivity index is 1.98. The summed E-state index contributed by atoms with van der Waals surface area (Å²) in [4.78, 5) is 201. The molecule has 0 aromatic heterocycles. The average Bonchev–Trinajstić information content (AvgIpc) is 1.61. The standard InChI is InChI=1S/C76H126N14O16/c1-20-45(16)62-73(102)84-58(41(8)9)69(98)81-53(37-49-30-24-23-25-31-49)67(96)78-50(22-3)65(94)87-61(44(14)15)76(105)106-48(19)52(38-56(93)83-62)80-72(101)63(46(17)21-2)88-66(95)51(32-27-35-77)79-68(97)54-33-28-36-90(54)75(104)60(43(12)13)86-71(100)59(42(10)11)85-74(103)64(47(18)91)89-70(99)57(40(6)7)82-55(92)34-26-29-39(4)5/h22-25,30-31,39-48,51-54,57-64,91H,20-21,26-29,32-38,77H2,1-19H3,(H,78,96)(H,79,97)(H,80,101)(H,81,98)(H,82,92)(H,83,93)(H,84,102)(H,85,103)(H,86,100)(H,87,94)(H,88,95)(H,89,99)/t45-,46-,47+,48+,51-,52-,53-,54+,57+,58+,59-,60+,61-,62+,63+,64-/m0/s1. The number of nitrogens with two attached hydrogens (primary N) is 1. The number of cyclic esters (lactones) is 1. The third kappa shape index (κ3) is 28.3. The second-order valence-electron chi connectivity index (χ2n) is 30.6. The lowest BCUT2D eigenvalue weighted by Gasteiger charge is -2.33.